The van der Waals surface area contributed by atoms with Crippen molar-refractivity contribution in [3.8, 4) is 0 Å². The third kappa shape index (κ3) is 0.978. The van der Waals surface area contributed by atoms with Gasteiger partial charge in [0.2, 0.25) is 12.3 Å². The summed E-state index contributed by atoms with van der Waals surface area (Å²) in [5.74, 6) is 0.630. The molecule has 0 aromatic carbocycles. The Bertz CT molecular complexity index is 256. The summed E-state index contributed by atoms with van der Waals surface area (Å²) in [6, 6.07) is 0.137. The molecule has 0 amide bonds. The van der Waals surface area contributed by atoms with Gasteiger partial charge in [0, 0.05) is 19.7 Å². The molecular formula is C6H8N4O. The molecule has 58 valence electrons. The minimum atomic E-state index is 0.137. The second-order valence-corrected chi connectivity index (χ2v) is 2.40. The van der Waals surface area contributed by atoms with Crippen molar-refractivity contribution in [2.75, 3.05) is 7.05 Å². The molecule has 0 saturated carbocycles. The van der Waals surface area contributed by atoms with Crippen molar-refractivity contribution in [2.24, 2.45) is 5.10 Å². The summed E-state index contributed by atoms with van der Waals surface area (Å²) in [4.78, 5) is 0. The second-order valence-electron chi connectivity index (χ2n) is 2.40. The fraction of sp³-hybridized carbons (Fsp3) is 0.500. The van der Waals surface area contributed by atoms with Crippen molar-refractivity contribution in [3.63, 3.8) is 0 Å². The quantitative estimate of drug-likeness (QED) is 0.585. The Kier molecular flexibility index (Phi) is 1.34. The Balaban J connectivity index is 2.19. The van der Waals surface area contributed by atoms with Crippen LogP contribution < -0.4 is 0 Å². The lowest BCUT2D eigenvalue weighted by Gasteiger charge is -2.13. The van der Waals surface area contributed by atoms with E-state index in [1.54, 1.807) is 0 Å². The van der Waals surface area contributed by atoms with Crippen LogP contribution in [0.3, 0.4) is 0 Å². The average Bonchev–Trinajstić information content (AvgIpc) is 2.55. The molecule has 5 heteroatoms. The van der Waals surface area contributed by atoms with Crippen LogP contribution in [0.4, 0.5) is 0 Å². The molecule has 1 unspecified atom stereocenters. The molecule has 0 N–H and O–H groups in total. The highest BCUT2D eigenvalue weighted by Gasteiger charge is 2.23. The fourth-order valence-electron chi connectivity index (χ4n) is 1.10. The van der Waals surface area contributed by atoms with Gasteiger partial charge in [-0.3, -0.25) is 5.01 Å². The van der Waals surface area contributed by atoms with Crippen LogP contribution in [-0.4, -0.2) is 28.5 Å². The first kappa shape index (κ1) is 6.33. The van der Waals surface area contributed by atoms with E-state index in [1.165, 1.54) is 6.39 Å². The SMILES string of the molecule is CN1N=CCC1c1nnco1. The summed E-state index contributed by atoms with van der Waals surface area (Å²) < 4.78 is 5.04. The molecule has 1 atom stereocenters. The van der Waals surface area contributed by atoms with E-state index in [-0.39, 0.29) is 6.04 Å². The summed E-state index contributed by atoms with van der Waals surface area (Å²) in [6.07, 6.45) is 4.02. The van der Waals surface area contributed by atoms with E-state index >= 15 is 0 Å². The van der Waals surface area contributed by atoms with Gasteiger partial charge in [0.25, 0.3) is 0 Å². The molecule has 1 aromatic heterocycles. The lowest BCUT2D eigenvalue weighted by molar-refractivity contribution is 0.245. The van der Waals surface area contributed by atoms with Crippen LogP contribution in [0.1, 0.15) is 18.4 Å². The van der Waals surface area contributed by atoms with Crippen LogP contribution in [-0.2, 0) is 0 Å². The number of hydrogen-bond donors (Lipinski definition) is 0. The molecule has 1 aromatic rings. The van der Waals surface area contributed by atoms with Crippen LogP contribution in [0.5, 0.6) is 0 Å². The van der Waals surface area contributed by atoms with E-state index in [1.807, 2.05) is 18.3 Å². The Morgan fingerprint density at radius 1 is 1.73 bits per heavy atom. The molecule has 2 heterocycles. The van der Waals surface area contributed by atoms with Crippen LogP contribution >= 0.6 is 0 Å². The maximum atomic E-state index is 5.04. The molecule has 5 nitrogen and oxygen atoms in total. The van der Waals surface area contributed by atoms with Gasteiger partial charge in [0.1, 0.15) is 6.04 Å². The molecule has 0 fully saturated rings. The Morgan fingerprint density at radius 3 is 3.18 bits per heavy atom. The zero-order chi connectivity index (χ0) is 7.68. The number of hydrazone groups is 1. The molecular weight excluding hydrogens is 144 g/mol. The van der Waals surface area contributed by atoms with Gasteiger partial charge in [-0.15, -0.1) is 10.2 Å². The zero-order valence-electron chi connectivity index (χ0n) is 6.14. The van der Waals surface area contributed by atoms with Gasteiger partial charge in [0.05, 0.1) is 0 Å². The molecule has 0 bridgehead atoms. The predicted octanol–water partition coefficient (Wildman–Crippen LogP) is 0.432. The topological polar surface area (TPSA) is 54.5 Å². The maximum Gasteiger partial charge on any atom is 0.240 e. The maximum absolute atomic E-state index is 5.04. The largest absolute Gasteiger partial charge is 0.426 e. The van der Waals surface area contributed by atoms with Gasteiger partial charge in [-0.2, -0.15) is 5.10 Å². The first-order valence-electron chi connectivity index (χ1n) is 3.39. The van der Waals surface area contributed by atoms with E-state index in [2.05, 4.69) is 15.3 Å². The van der Waals surface area contributed by atoms with E-state index < -0.39 is 0 Å². The van der Waals surface area contributed by atoms with E-state index in [4.69, 9.17) is 4.42 Å². The molecule has 0 aliphatic carbocycles. The average molecular weight is 152 g/mol. The van der Waals surface area contributed by atoms with Gasteiger partial charge in [-0.1, -0.05) is 0 Å². The summed E-state index contributed by atoms with van der Waals surface area (Å²) >= 11 is 0. The predicted molar refractivity (Wildman–Crippen MR) is 37.9 cm³/mol. The van der Waals surface area contributed by atoms with Gasteiger partial charge in [-0.25, -0.2) is 0 Å². The first-order valence-corrected chi connectivity index (χ1v) is 3.39. The van der Waals surface area contributed by atoms with E-state index in [0.717, 1.165) is 6.42 Å². The van der Waals surface area contributed by atoms with Gasteiger partial charge in [0.15, 0.2) is 0 Å². The summed E-state index contributed by atoms with van der Waals surface area (Å²) in [5, 5.41) is 13.3. The molecule has 0 radical (unpaired) electrons. The highest BCUT2D eigenvalue weighted by molar-refractivity contribution is 5.59. The zero-order valence-corrected chi connectivity index (χ0v) is 6.14. The molecule has 0 spiro atoms. The lowest BCUT2D eigenvalue weighted by atomic mass is 10.2. The van der Waals surface area contributed by atoms with Crippen LogP contribution in [0.2, 0.25) is 0 Å². The van der Waals surface area contributed by atoms with Crippen molar-refractivity contribution in [1.29, 1.82) is 0 Å². The van der Waals surface area contributed by atoms with Crippen LogP contribution in [0.15, 0.2) is 15.9 Å². The molecule has 2 rings (SSSR count). The molecule has 11 heavy (non-hydrogen) atoms. The van der Waals surface area contributed by atoms with Gasteiger partial charge < -0.3 is 4.42 Å². The molecule has 1 aliphatic heterocycles. The minimum Gasteiger partial charge on any atom is -0.426 e. The number of aromatic nitrogens is 2. The first-order chi connectivity index (χ1) is 5.38. The Hall–Kier alpha value is -1.39. The third-order valence-electron chi connectivity index (χ3n) is 1.71. The minimum absolute atomic E-state index is 0.137. The fourth-order valence-corrected chi connectivity index (χ4v) is 1.10. The van der Waals surface area contributed by atoms with Crippen LogP contribution in [0.25, 0.3) is 0 Å². The normalized spacial score (nSPS) is 23.0. The van der Waals surface area contributed by atoms with Crippen molar-refractivity contribution >= 4 is 6.21 Å². The standard InChI is InChI=1S/C6H8N4O/c1-10-5(2-3-8-10)6-9-7-4-11-6/h3-5H,2H2,1H3. The van der Waals surface area contributed by atoms with Crippen molar-refractivity contribution in [2.45, 2.75) is 12.5 Å². The van der Waals surface area contributed by atoms with Gasteiger partial charge >= 0.3 is 0 Å². The monoisotopic (exact) mass is 152 g/mol. The summed E-state index contributed by atoms with van der Waals surface area (Å²) in [6.45, 7) is 0. The highest BCUT2D eigenvalue weighted by Crippen LogP contribution is 2.23. The highest BCUT2D eigenvalue weighted by atomic mass is 16.4. The number of nitrogens with zero attached hydrogens (tertiary/aromatic N) is 4. The van der Waals surface area contributed by atoms with Gasteiger partial charge in [-0.05, 0) is 0 Å². The van der Waals surface area contributed by atoms with Crippen molar-refractivity contribution in [1.82, 2.24) is 15.2 Å². The molecule has 1 aliphatic rings. The van der Waals surface area contributed by atoms with Crippen molar-refractivity contribution < 1.29 is 4.42 Å². The van der Waals surface area contributed by atoms with Crippen molar-refractivity contribution in [3.05, 3.63) is 12.3 Å². The smallest absolute Gasteiger partial charge is 0.240 e. The van der Waals surface area contributed by atoms with Crippen LogP contribution in [0, 0.1) is 0 Å². The van der Waals surface area contributed by atoms with E-state index in [9.17, 15) is 0 Å². The van der Waals surface area contributed by atoms with E-state index in [0.29, 0.717) is 5.89 Å². The second kappa shape index (κ2) is 2.34. The lowest BCUT2D eigenvalue weighted by Crippen LogP contribution is -2.14. The number of hydrogen-bond acceptors (Lipinski definition) is 5. The summed E-state index contributed by atoms with van der Waals surface area (Å²) in [5.41, 5.74) is 0. The Morgan fingerprint density at radius 2 is 2.64 bits per heavy atom. The number of rotatable bonds is 1. The Labute approximate surface area is 63.7 Å². The summed E-state index contributed by atoms with van der Waals surface area (Å²) in [7, 11) is 1.89. The third-order valence-corrected chi connectivity index (χ3v) is 1.71. The molecule has 0 saturated heterocycles.